The summed E-state index contributed by atoms with van der Waals surface area (Å²) in [6, 6.07) is 146. The lowest BCUT2D eigenvalue weighted by atomic mass is 9.85. The molecule has 0 spiro atoms. The molecule has 26 rings (SSSR count). The Labute approximate surface area is 875 Å². The summed E-state index contributed by atoms with van der Waals surface area (Å²) in [5.74, 6) is 3.62. The van der Waals surface area contributed by atoms with E-state index in [0.29, 0.717) is 34.9 Å². The first-order valence-corrected chi connectivity index (χ1v) is 52.6. The van der Waals surface area contributed by atoms with E-state index in [1.165, 1.54) is 98.0 Å². The molecule has 0 aliphatic heterocycles. The van der Waals surface area contributed by atoms with Crippen molar-refractivity contribution >= 4 is 131 Å². The van der Waals surface area contributed by atoms with Gasteiger partial charge in [-0.05, 0) is 199 Å². The molecular weight excluding hydrogens is 1830 g/mol. The summed E-state index contributed by atoms with van der Waals surface area (Å²) in [6.45, 7) is 41.8. The van der Waals surface area contributed by atoms with Gasteiger partial charge in [0.25, 0.3) is 0 Å². The van der Waals surface area contributed by atoms with Gasteiger partial charge in [-0.1, -0.05) is 392 Å². The fourth-order valence-electron chi connectivity index (χ4n) is 22.6. The van der Waals surface area contributed by atoms with Crippen molar-refractivity contribution in [3.8, 4) is 102 Å². The fourth-order valence-corrected chi connectivity index (χ4v) is 22.6. The van der Waals surface area contributed by atoms with Crippen LogP contribution in [0, 0.1) is 0 Å². The lowest BCUT2D eigenvalue weighted by Gasteiger charge is -2.25. The van der Waals surface area contributed by atoms with E-state index in [1.54, 1.807) is 0 Å². The maximum absolute atomic E-state index is 5.56. The molecule has 0 saturated heterocycles. The lowest BCUT2D eigenvalue weighted by Crippen LogP contribution is -2.13. The van der Waals surface area contributed by atoms with E-state index in [0.717, 1.165) is 134 Å². The molecule has 0 unspecified atom stereocenters. The molecule has 150 heavy (non-hydrogen) atoms. The van der Waals surface area contributed by atoms with E-state index in [4.69, 9.17) is 29.9 Å². The number of rotatable bonds is 12. The van der Waals surface area contributed by atoms with E-state index in [-0.39, 0.29) is 32.5 Å². The van der Waals surface area contributed by atoms with Crippen LogP contribution in [-0.2, 0) is 32.5 Å². The van der Waals surface area contributed by atoms with Gasteiger partial charge in [0.1, 0.15) is 0 Å². The average Bonchev–Trinajstić information content (AvgIpc) is 1.35. The Bertz CT molecular complexity index is 9130. The third kappa shape index (κ3) is 16.0. The average molecular weight is 1950 g/mol. The minimum atomic E-state index is -0.0921. The summed E-state index contributed by atoms with van der Waals surface area (Å²) in [7, 11) is 0. The number of para-hydroxylation sites is 6. The Hall–Kier alpha value is -17.2. The quantitative estimate of drug-likeness (QED) is 0.121. The Kier molecular flexibility index (Phi) is 22.1. The van der Waals surface area contributed by atoms with Gasteiger partial charge in [-0.3, -0.25) is 0 Å². The molecule has 8 heterocycles. The van der Waals surface area contributed by atoms with Gasteiger partial charge >= 0.3 is 0 Å². The highest BCUT2D eigenvalue weighted by Gasteiger charge is 2.35. The third-order valence-electron chi connectivity index (χ3n) is 30.7. The van der Waals surface area contributed by atoms with E-state index in [2.05, 4.69) is 504 Å². The molecule has 26 aromatic rings. The van der Waals surface area contributed by atoms with Crippen molar-refractivity contribution in [2.45, 2.75) is 157 Å². The van der Waals surface area contributed by atoms with Crippen LogP contribution >= 0.6 is 0 Å². The zero-order valence-electron chi connectivity index (χ0n) is 88.5. The molecule has 0 fully saturated rings. The standard InChI is InChI=1S/C81H84N6.C57H36N6/c1-76(2,3)52-29-35-64-58(43-52)59-44-53(77(4,5)6)30-36-65(59)85(64)70-41-51(75-83-73(49-25-21-19-22-26-49)82-74(84-75)50-27-23-20-24-28-50)42-71(86-66-37-31-54(78(7,8)9)45-60(66)61-46-55(79(10,11)12)32-38-67(61)86)72(70)87-68-39-33-56(80(13,14)15)47-62(68)63-48-57(81(16,17)18)34-40-69(63)87;1-3-19-37(20-4-1)55-58-56(38-21-5-2-6-22-38)60-57(59-55)39-35-52(61-46-29-13-7-23-40(46)41-24-8-14-30-47(41)61)54(63-50-33-17-11-27-44(50)45-28-12-18-34-51(45)63)53(36-39)62-48-31-15-9-25-42(48)43-26-10-16-32-49(43)62/h19-48H,1-18H3;1-36H. The molecule has 0 aliphatic carbocycles. The predicted octanol–water partition coefficient (Wildman–Crippen LogP) is 36.1. The minimum absolute atomic E-state index is 0.0917. The summed E-state index contributed by atoms with van der Waals surface area (Å²) >= 11 is 0. The number of aromatic nitrogens is 12. The maximum atomic E-state index is 5.56. The SMILES string of the molecule is CC(C)(C)c1ccc2c(c1)c1cc(C(C)(C)C)ccc1n2-c1cc(-c2nc(-c3ccccc3)nc(-c3ccccc3)n2)cc(-n2c3ccc(C(C)(C)C)cc3c3cc(C(C)(C)C)ccc32)c1-n1c2ccc(C(C)(C)C)cc2c2cc(C(C)(C)C)ccc21.c1ccc(-c2nc(-c3ccccc3)nc(-c3cc(-n4c5ccccc5c5ccccc54)c(-n4c5ccccc5c5ccccc54)c(-n4c5ccccc5c5ccccc54)c3)n2)cc1. The van der Waals surface area contributed by atoms with Crippen LogP contribution in [0.25, 0.3) is 233 Å². The molecule has 0 atom stereocenters. The number of benzene rings is 18. The van der Waals surface area contributed by atoms with Crippen molar-refractivity contribution < 1.29 is 0 Å². The molecular formula is C138H120N12. The highest BCUT2D eigenvalue weighted by atomic mass is 15.1. The molecule has 0 saturated carbocycles. The largest absolute Gasteiger partial charge is 0.307 e. The highest BCUT2D eigenvalue weighted by Crippen LogP contribution is 2.52. The molecule has 8 aromatic heterocycles. The number of nitrogens with zero attached hydrogens (tertiary/aromatic N) is 12. The van der Waals surface area contributed by atoms with Crippen LogP contribution in [-0.4, -0.2) is 57.3 Å². The van der Waals surface area contributed by atoms with E-state index >= 15 is 0 Å². The molecule has 12 nitrogen and oxygen atoms in total. The van der Waals surface area contributed by atoms with Crippen LogP contribution in [0.2, 0.25) is 0 Å². The molecule has 732 valence electrons. The van der Waals surface area contributed by atoms with Gasteiger partial charge in [0.2, 0.25) is 0 Å². The molecule has 0 radical (unpaired) electrons. The van der Waals surface area contributed by atoms with Crippen molar-refractivity contribution in [2.24, 2.45) is 0 Å². The normalized spacial score (nSPS) is 12.6. The van der Waals surface area contributed by atoms with Crippen molar-refractivity contribution in [2.75, 3.05) is 0 Å². The Balaban J connectivity index is 0.000000163. The lowest BCUT2D eigenvalue weighted by molar-refractivity contribution is 0.590. The Morgan fingerprint density at radius 1 is 0.133 bits per heavy atom. The summed E-state index contributed by atoms with van der Waals surface area (Å²) in [5.41, 5.74) is 32.1. The predicted molar refractivity (Wildman–Crippen MR) is 631 cm³/mol. The molecule has 0 aliphatic rings. The summed E-state index contributed by atoms with van der Waals surface area (Å²) in [4.78, 5) is 32.1. The Morgan fingerprint density at radius 2 is 0.280 bits per heavy atom. The summed E-state index contributed by atoms with van der Waals surface area (Å²) < 4.78 is 15.1. The Morgan fingerprint density at radius 3 is 0.460 bits per heavy atom. The molecule has 0 bridgehead atoms. The number of fused-ring (bicyclic) bond motifs is 18. The first-order chi connectivity index (χ1) is 72.2. The zero-order valence-corrected chi connectivity index (χ0v) is 88.5. The van der Waals surface area contributed by atoms with Crippen LogP contribution in [0.4, 0.5) is 0 Å². The van der Waals surface area contributed by atoms with Crippen LogP contribution in [0.1, 0.15) is 158 Å². The van der Waals surface area contributed by atoms with Crippen molar-refractivity contribution in [1.82, 2.24) is 57.3 Å². The smallest absolute Gasteiger partial charge is 0.164 e. The van der Waals surface area contributed by atoms with E-state index in [1.807, 2.05) is 48.5 Å². The third-order valence-corrected chi connectivity index (χ3v) is 30.7. The topological polar surface area (TPSA) is 107 Å². The molecule has 0 amide bonds. The fraction of sp³-hybridized carbons (Fsp3) is 0.174. The van der Waals surface area contributed by atoms with Gasteiger partial charge < -0.3 is 27.4 Å². The number of hydrogen-bond acceptors (Lipinski definition) is 6. The van der Waals surface area contributed by atoms with Crippen LogP contribution in [0.15, 0.2) is 400 Å². The van der Waals surface area contributed by atoms with Crippen LogP contribution < -0.4 is 0 Å². The van der Waals surface area contributed by atoms with Crippen molar-refractivity contribution in [3.63, 3.8) is 0 Å². The highest BCUT2D eigenvalue weighted by molar-refractivity contribution is 6.18. The van der Waals surface area contributed by atoms with E-state index in [9.17, 15) is 0 Å². The van der Waals surface area contributed by atoms with Crippen molar-refractivity contribution in [1.29, 1.82) is 0 Å². The zero-order chi connectivity index (χ0) is 103. The maximum Gasteiger partial charge on any atom is 0.164 e. The molecule has 0 N–H and O–H groups in total. The van der Waals surface area contributed by atoms with Gasteiger partial charge in [-0.15, -0.1) is 0 Å². The molecule has 18 aromatic carbocycles. The van der Waals surface area contributed by atoms with E-state index < -0.39 is 0 Å². The molecule has 12 heteroatoms. The number of hydrogen-bond donors (Lipinski definition) is 0. The van der Waals surface area contributed by atoms with Gasteiger partial charge in [-0.2, -0.15) is 0 Å². The second-order valence-electron chi connectivity index (χ2n) is 46.8. The van der Waals surface area contributed by atoms with Gasteiger partial charge in [0.05, 0.1) is 100 Å². The van der Waals surface area contributed by atoms with Gasteiger partial charge in [-0.25, -0.2) is 29.9 Å². The summed E-state index contributed by atoms with van der Waals surface area (Å²) in [5, 5.41) is 14.4. The minimum Gasteiger partial charge on any atom is -0.307 e. The monoisotopic (exact) mass is 1940 g/mol. The van der Waals surface area contributed by atoms with Crippen molar-refractivity contribution in [3.05, 3.63) is 434 Å². The second kappa shape index (κ2) is 35.3. The second-order valence-corrected chi connectivity index (χ2v) is 46.8. The van der Waals surface area contributed by atoms with Gasteiger partial charge in [0.15, 0.2) is 34.9 Å². The first kappa shape index (κ1) is 93.8. The first-order valence-electron chi connectivity index (χ1n) is 52.6. The van der Waals surface area contributed by atoms with Gasteiger partial charge in [0, 0.05) is 98.0 Å². The van der Waals surface area contributed by atoms with Crippen LogP contribution in [0.5, 0.6) is 0 Å². The van der Waals surface area contributed by atoms with Crippen LogP contribution in [0.3, 0.4) is 0 Å². The summed E-state index contributed by atoms with van der Waals surface area (Å²) in [6.07, 6.45) is 0.